The van der Waals surface area contributed by atoms with Crippen molar-refractivity contribution in [3.05, 3.63) is 24.2 Å². The van der Waals surface area contributed by atoms with Gasteiger partial charge in [-0.1, -0.05) is 6.92 Å². The lowest BCUT2D eigenvalue weighted by atomic mass is 10.3. The molecular formula is C14H20N6S. The number of nitrogen functional groups attached to an aromatic ring is 1. The van der Waals surface area contributed by atoms with Crippen LogP contribution < -0.4 is 15.5 Å². The first-order chi connectivity index (χ1) is 10.3. The van der Waals surface area contributed by atoms with Gasteiger partial charge in [0.1, 0.15) is 5.82 Å². The summed E-state index contributed by atoms with van der Waals surface area (Å²) in [4.78, 5) is 13.5. The molecule has 1 fully saturated rings. The maximum Gasteiger partial charge on any atom is 0.205 e. The van der Waals surface area contributed by atoms with Gasteiger partial charge in [-0.05, 0) is 18.6 Å². The Balaban J connectivity index is 1.63. The highest BCUT2D eigenvalue weighted by atomic mass is 32.1. The van der Waals surface area contributed by atoms with Crippen molar-refractivity contribution in [2.45, 2.75) is 19.8 Å². The molecular weight excluding hydrogens is 284 g/mol. The van der Waals surface area contributed by atoms with Crippen LogP contribution in [0.2, 0.25) is 0 Å². The lowest BCUT2D eigenvalue weighted by Gasteiger charge is -2.35. The molecule has 0 unspecified atom stereocenters. The van der Waals surface area contributed by atoms with Gasteiger partial charge in [-0.15, -0.1) is 0 Å². The number of aromatic nitrogens is 3. The second-order valence-corrected chi connectivity index (χ2v) is 5.86. The number of pyridine rings is 1. The number of nitrogens with zero attached hydrogens (tertiary/aromatic N) is 5. The Labute approximate surface area is 128 Å². The van der Waals surface area contributed by atoms with Gasteiger partial charge in [0.2, 0.25) is 5.13 Å². The van der Waals surface area contributed by atoms with Gasteiger partial charge >= 0.3 is 0 Å². The van der Waals surface area contributed by atoms with Crippen molar-refractivity contribution in [2.75, 3.05) is 41.7 Å². The predicted molar refractivity (Wildman–Crippen MR) is 87.0 cm³/mol. The lowest BCUT2D eigenvalue weighted by Crippen LogP contribution is -2.47. The molecule has 2 aromatic heterocycles. The number of anilines is 3. The number of piperazine rings is 1. The number of nitrogens with two attached hydrogens (primary N) is 1. The molecule has 3 rings (SSSR count). The molecule has 21 heavy (non-hydrogen) atoms. The minimum absolute atomic E-state index is 0.743. The van der Waals surface area contributed by atoms with E-state index in [0.29, 0.717) is 0 Å². The van der Waals surface area contributed by atoms with Crippen LogP contribution >= 0.6 is 11.5 Å². The third-order valence-electron chi connectivity index (χ3n) is 3.60. The van der Waals surface area contributed by atoms with Crippen LogP contribution in [0, 0.1) is 0 Å². The third-order valence-corrected chi connectivity index (χ3v) is 4.41. The van der Waals surface area contributed by atoms with E-state index in [4.69, 9.17) is 5.73 Å². The fourth-order valence-electron chi connectivity index (χ4n) is 2.48. The topological polar surface area (TPSA) is 71.2 Å². The first kappa shape index (κ1) is 14.1. The van der Waals surface area contributed by atoms with Crippen molar-refractivity contribution in [3.63, 3.8) is 0 Å². The van der Waals surface area contributed by atoms with Gasteiger partial charge in [-0.25, -0.2) is 9.97 Å². The average molecular weight is 304 g/mol. The quantitative estimate of drug-likeness (QED) is 0.928. The minimum atomic E-state index is 0.743. The Hall–Kier alpha value is -1.89. The van der Waals surface area contributed by atoms with Crippen LogP contribution in [0.25, 0.3) is 0 Å². The summed E-state index contributed by atoms with van der Waals surface area (Å²) in [5, 5.41) is 1.03. The molecule has 3 heterocycles. The third kappa shape index (κ3) is 3.07. The molecule has 0 bridgehead atoms. The molecule has 0 radical (unpaired) electrons. The molecule has 1 saturated heterocycles. The molecule has 0 saturated carbocycles. The summed E-state index contributed by atoms with van der Waals surface area (Å²) in [5.74, 6) is 1.86. The maximum absolute atomic E-state index is 6.00. The van der Waals surface area contributed by atoms with Gasteiger partial charge in [0.15, 0.2) is 5.82 Å². The van der Waals surface area contributed by atoms with Crippen LogP contribution in [-0.4, -0.2) is 40.5 Å². The van der Waals surface area contributed by atoms with Gasteiger partial charge in [0.05, 0.1) is 5.69 Å². The fourth-order valence-corrected chi connectivity index (χ4v) is 3.24. The average Bonchev–Trinajstić information content (AvgIpc) is 2.97. The number of rotatable bonds is 4. The summed E-state index contributed by atoms with van der Waals surface area (Å²) < 4.78 is 4.42. The standard InChI is InChI=1S/C14H20N6S/c1-2-4-12-17-14(21-18-12)20-9-7-19(8-10-20)13-11(15)5-3-6-16-13/h3,5-6H,2,4,7-10,15H2,1H3. The van der Waals surface area contributed by atoms with Gasteiger partial charge in [0, 0.05) is 50.3 Å². The Morgan fingerprint density at radius 3 is 2.71 bits per heavy atom. The Morgan fingerprint density at radius 2 is 2.00 bits per heavy atom. The molecule has 0 aromatic carbocycles. The van der Waals surface area contributed by atoms with Crippen LogP contribution in [0.1, 0.15) is 19.2 Å². The summed E-state index contributed by atoms with van der Waals surface area (Å²) in [7, 11) is 0. The van der Waals surface area contributed by atoms with Gasteiger partial charge in [-0.3, -0.25) is 0 Å². The van der Waals surface area contributed by atoms with Crippen LogP contribution in [0.5, 0.6) is 0 Å². The summed E-state index contributed by atoms with van der Waals surface area (Å²) in [6.45, 7) is 5.82. The van der Waals surface area contributed by atoms with Gasteiger partial charge in [0.25, 0.3) is 0 Å². The van der Waals surface area contributed by atoms with Crippen LogP contribution in [-0.2, 0) is 6.42 Å². The summed E-state index contributed by atoms with van der Waals surface area (Å²) in [6, 6.07) is 3.77. The van der Waals surface area contributed by atoms with E-state index in [9.17, 15) is 0 Å². The van der Waals surface area contributed by atoms with Crippen molar-refractivity contribution in [1.29, 1.82) is 0 Å². The van der Waals surface area contributed by atoms with Crippen molar-refractivity contribution >= 4 is 28.2 Å². The molecule has 1 aliphatic rings. The Kier molecular flexibility index (Phi) is 4.19. The summed E-state index contributed by atoms with van der Waals surface area (Å²) >= 11 is 1.50. The van der Waals surface area contributed by atoms with E-state index in [2.05, 4.69) is 31.1 Å². The van der Waals surface area contributed by atoms with Crippen molar-refractivity contribution < 1.29 is 0 Å². The van der Waals surface area contributed by atoms with Crippen LogP contribution in [0.15, 0.2) is 18.3 Å². The monoisotopic (exact) mass is 304 g/mol. The normalized spacial score (nSPS) is 15.5. The van der Waals surface area contributed by atoms with E-state index in [0.717, 1.165) is 61.5 Å². The number of hydrogen-bond acceptors (Lipinski definition) is 7. The lowest BCUT2D eigenvalue weighted by molar-refractivity contribution is 0.645. The molecule has 1 aliphatic heterocycles. The molecule has 0 atom stereocenters. The SMILES string of the molecule is CCCc1nsc(N2CCN(c3ncccc3N)CC2)n1. The molecule has 0 aliphatic carbocycles. The van der Waals surface area contributed by atoms with E-state index < -0.39 is 0 Å². The van der Waals surface area contributed by atoms with E-state index in [1.807, 2.05) is 12.1 Å². The zero-order valence-electron chi connectivity index (χ0n) is 12.2. The van der Waals surface area contributed by atoms with E-state index in [1.54, 1.807) is 6.20 Å². The fraction of sp³-hybridized carbons (Fsp3) is 0.500. The minimum Gasteiger partial charge on any atom is -0.396 e. The highest BCUT2D eigenvalue weighted by Crippen LogP contribution is 2.24. The highest BCUT2D eigenvalue weighted by Gasteiger charge is 2.21. The van der Waals surface area contributed by atoms with Gasteiger partial charge in [-0.2, -0.15) is 4.37 Å². The maximum atomic E-state index is 6.00. The van der Waals surface area contributed by atoms with Crippen LogP contribution in [0.4, 0.5) is 16.6 Å². The van der Waals surface area contributed by atoms with Gasteiger partial charge < -0.3 is 15.5 Å². The molecule has 112 valence electrons. The molecule has 0 spiro atoms. The van der Waals surface area contributed by atoms with E-state index in [1.165, 1.54) is 11.5 Å². The molecule has 7 heteroatoms. The van der Waals surface area contributed by atoms with Crippen molar-refractivity contribution in [3.8, 4) is 0 Å². The second kappa shape index (κ2) is 6.26. The second-order valence-electron chi connectivity index (χ2n) is 5.13. The Bertz CT molecular complexity index is 591. The summed E-state index contributed by atoms with van der Waals surface area (Å²) in [5.41, 5.74) is 6.74. The molecule has 2 aromatic rings. The molecule has 6 nitrogen and oxygen atoms in total. The zero-order valence-corrected chi connectivity index (χ0v) is 13.0. The van der Waals surface area contributed by atoms with E-state index in [-0.39, 0.29) is 0 Å². The zero-order chi connectivity index (χ0) is 14.7. The van der Waals surface area contributed by atoms with Crippen molar-refractivity contribution in [1.82, 2.24) is 14.3 Å². The van der Waals surface area contributed by atoms with E-state index >= 15 is 0 Å². The first-order valence-corrected chi connectivity index (χ1v) is 8.08. The van der Waals surface area contributed by atoms with Crippen molar-refractivity contribution in [2.24, 2.45) is 0 Å². The smallest absolute Gasteiger partial charge is 0.205 e. The Morgan fingerprint density at radius 1 is 1.24 bits per heavy atom. The predicted octanol–water partition coefficient (Wildman–Crippen LogP) is 1.79. The number of aryl methyl sites for hydroxylation is 1. The largest absolute Gasteiger partial charge is 0.396 e. The highest BCUT2D eigenvalue weighted by molar-refractivity contribution is 7.09. The molecule has 0 amide bonds. The number of hydrogen-bond donors (Lipinski definition) is 1. The first-order valence-electron chi connectivity index (χ1n) is 7.31. The van der Waals surface area contributed by atoms with Crippen LogP contribution in [0.3, 0.4) is 0 Å². The molecule has 2 N–H and O–H groups in total. The summed E-state index contributed by atoms with van der Waals surface area (Å²) in [6.07, 6.45) is 3.84.